The fraction of sp³-hybridized carbons (Fsp3) is 0.778. The zero-order valence-electron chi connectivity index (χ0n) is 16.3. The molecule has 26 heavy (non-hydrogen) atoms. The van der Waals surface area contributed by atoms with Gasteiger partial charge in [-0.05, 0) is 26.7 Å². The zero-order valence-corrected chi connectivity index (χ0v) is 16.3. The number of nitrogens with zero attached hydrogens (tertiary/aromatic N) is 2. The van der Waals surface area contributed by atoms with Gasteiger partial charge in [-0.3, -0.25) is 29.8 Å². The molecular weight excluding hydrogens is 340 g/mol. The Hall–Kier alpha value is -2.12. The molecule has 2 rings (SSSR count). The summed E-state index contributed by atoms with van der Waals surface area (Å²) >= 11 is 0. The number of hydrogen-bond donors (Lipinski definition) is 0. The highest BCUT2D eigenvalue weighted by atomic mass is 16.6. The minimum atomic E-state index is -0.344. The van der Waals surface area contributed by atoms with Crippen molar-refractivity contribution in [3.8, 4) is 0 Å². The van der Waals surface area contributed by atoms with Crippen molar-refractivity contribution in [2.75, 3.05) is 13.1 Å². The van der Waals surface area contributed by atoms with E-state index in [4.69, 9.17) is 0 Å². The molecule has 0 bridgehead atoms. The first-order valence-corrected chi connectivity index (χ1v) is 9.12. The highest BCUT2D eigenvalue weighted by Crippen LogP contribution is 2.22. The minimum absolute atomic E-state index is 0.0162. The second-order valence-electron chi connectivity index (χ2n) is 5.99. The van der Waals surface area contributed by atoms with Gasteiger partial charge < -0.3 is 0 Å². The molecule has 0 aromatic carbocycles. The number of ketones is 2. The van der Waals surface area contributed by atoms with Gasteiger partial charge >= 0.3 is 0 Å². The average Bonchev–Trinajstić information content (AvgIpc) is 3.17. The van der Waals surface area contributed by atoms with E-state index in [0.29, 0.717) is 38.5 Å². The molecule has 0 spiro atoms. The molecule has 0 aromatic heterocycles. The number of hydrogen-bond acceptors (Lipinski definition) is 6. The standard InChI is InChI=1S/2C6H9NO3.C4H8.C2H6/c2*8-6-2-1-5(3-6)4-7(9)10;1-3-4-2;1-2/h2*5H,1-4H2;3-4H,1-2H3;1-2H3/b;;4-3+;. The van der Waals surface area contributed by atoms with Crippen molar-refractivity contribution < 1.29 is 19.4 Å². The average molecular weight is 372 g/mol. The molecular formula is C18H32N2O6. The van der Waals surface area contributed by atoms with E-state index in [1.165, 1.54) is 0 Å². The summed E-state index contributed by atoms with van der Waals surface area (Å²) in [5.74, 6) is 0.378. The Balaban J connectivity index is 0. The summed E-state index contributed by atoms with van der Waals surface area (Å²) < 4.78 is 0. The molecule has 0 saturated heterocycles. The molecule has 2 saturated carbocycles. The van der Waals surface area contributed by atoms with Crippen LogP contribution in [0.2, 0.25) is 0 Å². The number of carbonyl (C=O) groups is 2. The van der Waals surface area contributed by atoms with Crippen molar-refractivity contribution >= 4 is 11.6 Å². The summed E-state index contributed by atoms with van der Waals surface area (Å²) in [5, 5.41) is 19.9. The Morgan fingerprint density at radius 1 is 0.846 bits per heavy atom. The lowest BCUT2D eigenvalue weighted by atomic mass is 10.1. The van der Waals surface area contributed by atoms with Gasteiger partial charge in [0.05, 0.1) is 0 Å². The molecule has 0 aliphatic heterocycles. The van der Waals surface area contributed by atoms with Crippen LogP contribution in [0, 0.1) is 32.1 Å². The zero-order chi connectivity index (χ0) is 20.5. The largest absolute Gasteiger partial charge is 0.300 e. The normalized spacial score (nSPS) is 21.1. The maximum atomic E-state index is 10.6. The summed E-state index contributed by atoms with van der Waals surface area (Å²) in [5.41, 5.74) is 0. The van der Waals surface area contributed by atoms with E-state index < -0.39 is 0 Å². The van der Waals surface area contributed by atoms with Gasteiger partial charge in [-0.2, -0.15) is 0 Å². The van der Waals surface area contributed by atoms with E-state index in [2.05, 4.69) is 0 Å². The van der Waals surface area contributed by atoms with Gasteiger partial charge in [0, 0.05) is 47.4 Å². The lowest BCUT2D eigenvalue weighted by Gasteiger charge is -1.98. The van der Waals surface area contributed by atoms with Crippen molar-refractivity contribution in [1.29, 1.82) is 0 Å². The highest BCUT2D eigenvalue weighted by Gasteiger charge is 2.26. The number of allylic oxidation sites excluding steroid dienone is 2. The van der Waals surface area contributed by atoms with Crippen LogP contribution in [-0.2, 0) is 9.59 Å². The van der Waals surface area contributed by atoms with Crippen LogP contribution in [0.3, 0.4) is 0 Å². The van der Waals surface area contributed by atoms with Crippen LogP contribution in [0.15, 0.2) is 12.2 Å². The maximum absolute atomic E-state index is 10.6. The molecule has 8 heteroatoms. The van der Waals surface area contributed by atoms with Gasteiger partial charge in [0.25, 0.3) is 0 Å². The molecule has 2 aliphatic rings. The van der Waals surface area contributed by atoms with Crippen LogP contribution in [0.5, 0.6) is 0 Å². The monoisotopic (exact) mass is 372 g/mol. The Kier molecular flexibility index (Phi) is 16.4. The van der Waals surface area contributed by atoms with E-state index in [0.717, 1.165) is 0 Å². The van der Waals surface area contributed by atoms with Crippen LogP contribution >= 0.6 is 0 Å². The predicted molar refractivity (Wildman–Crippen MR) is 100 cm³/mol. The smallest absolute Gasteiger partial charge is 0.207 e. The molecule has 0 amide bonds. The predicted octanol–water partition coefficient (Wildman–Crippen LogP) is 3.87. The van der Waals surface area contributed by atoms with Crippen molar-refractivity contribution in [2.24, 2.45) is 11.8 Å². The van der Waals surface area contributed by atoms with Gasteiger partial charge in [-0.1, -0.05) is 26.0 Å². The summed E-state index contributed by atoms with van der Waals surface area (Å²) in [6.45, 7) is 7.93. The quantitative estimate of drug-likeness (QED) is 0.419. The molecule has 2 aliphatic carbocycles. The van der Waals surface area contributed by atoms with Gasteiger partial charge in [0.2, 0.25) is 13.1 Å². The molecule has 2 unspecified atom stereocenters. The molecule has 8 nitrogen and oxygen atoms in total. The molecule has 0 radical (unpaired) electrons. The molecule has 150 valence electrons. The summed E-state index contributed by atoms with van der Waals surface area (Å²) in [6.07, 6.45) is 7.33. The fourth-order valence-electron chi connectivity index (χ4n) is 2.52. The van der Waals surface area contributed by atoms with Gasteiger partial charge in [0.1, 0.15) is 11.6 Å². The number of Topliss-reactive ketones (excluding diaryl/α,β-unsaturated/α-hetero) is 2. The minimum Gasteiger partial charge on any atom is -0.300 e. The number of carbonyl (C=O) groups excluding carboxylic acids is 2. The second kappa shape index (κ2) is 16.4. The van der Waals surface area contributed by atoms with Crippen molar-refractivity contribution in [3.63, 3.8) is 0 Å². The third-order valence-corrected chi connectivity index (χ3v) is 3.84. The van der Waals surface area contributed by atoms with E-state index in [-0.39, 0.29) is 46.3 Å². The summed E-state index contributed by atoms with van der Waals surface area (Å²) in [7, 11) is 0. The van der Waals surface area contributed by atoms with Crippen LogP contribution in [0.1, 0.15) is 66.2 Å². The SMILES string of the molecule is C/C=C/C.CC.O=C1CCC(C[N+](=O)[O-])C1.O=C1CCC(C[N+](=O)[O-])C1. The summed E-state index contributed by atoms with van der Waals surface area (Å²) in [6, 6.07) is 0. The van der Waals surface area contributed by atoms with E-state index in [9.17, 15) is 29.8 Å². The molecule has 2 atom stereocenters. The van der Waals surface area contributed by atoms with Crippen LogP contribution in [-0.4, -0.2) is 34.5 Å². The maximum Gasteiger partial charge on any atom is 0.207 e. The fourth-order valence-corrected chi connectivity index (χ4v) is 2.52. The summed E-state index contributed by atoms with van der Waals surface area (Å²) in [4.78, 5) is 40.4. The van der Waals surface area contributed by atoms with E-state index in [1.807, 2.05) is 39.8 Å². The van der Waals surface area contributed by atoms with Gasteiger partial charge in [-0.15, -0.1) is 0 Å². The van der Waals surface area contributed by atoms with E-state index >= 15 is 0 Å². The molecule has 0 aromatic rings. The van der Waals surface area contributed by atoms with Crippen molar-refractivity contribution in [1.82, 2.24) is 0 Å². The lowest BCUT2D eigenvalue weighted by molar-refractivity contribution is -0.487. The highest BCUT2D eigenvalue weighted by molar-refractivity contribution is 5.80. The molecule has 0 heterocycles. The van der Waals surface area contributed by atoms with Crippen LogP contribution < -0.4 is 0 Å². The first-order chi connectivity index (χ1) is 12.3. The Morgan fingerprint density at radius 3 is 1.31 bits per heavy atom. The number of nitro groups is 2. The number of rotatable bonds is 4. The van der Waals surface area contributed by atoms with Gasteiger partial charge in [0.15, 0.2) is 0 Å². The van der Waals surface area contributed by atoms with Gasteiger partial charge in [-0.25, -0.2) is 0 Å². The first-order valence-electron chi connectivity index (χ1n) is 9.12. The van der Waals surface area contributed by atoms with Crippen LogP contribution in [0.4, 0.5) is 0 Å². The Labute approximate surface area is 155 Å². The lowest BCUT2D eigenvalue weighted by Crippen LogP contribution is -2.10. The van der Waals surface area contributed by atoms with Crippen molar-refractivity contribution in [3.05, 3.63) is 32.4 Å². The topological polar surface area (TPSA) is 120 Å². The second-order valence-corrected chi connectivity index (χ2v) is 5.99. The molecule has 0 N–H and O–H groups in total. The Morgan fingerprint density at radius 2 is 1.15 bits per heavy atom. The third-order valence-electron chi connectivity index (χ3n) is 3.84. The van der Waals surface area contributed by atoms with Crippen LogP contribution in [0.25, 0.3) is 0 Å². The van der Waals surface area contributed by atoms with E-state index in [1.54, 1.807) is 0 Å². The first kappa shape index (κ1) is 26.1. The van der Waals surface area contributed by atoms with Crippen molar-refractivity contribution in [2.45, 2.75) is 66.2 Å². The molecule has 2 fully saturated rings. The Bertz CT molecular complexity index is 434. The third kappa shape index (κ3) is 15.4.